The molecular weight excluding hydrogens is 244 g/mol. The second kappa shape index (κ2) is 9.35. The summed E-state index contributed by atoms with van der Waals surface area (Å²) in [5, 5.41) is 14.0. The van der Waals surface area contributed by atoms with Crippen LogP contribution in [0.15, 0.2) is 24.3 Å². The maximum atomic E-state index is 11.5. The number of hydrogen-bond acceptors (Lipinski definition) is 3. The second-order valence-electron chi connectivity index (χ2n) is 4.28. The third-order valence-corrected chi connectivity index (χ3v) is 2.56. The van der Waals surface area contributed by atoms with E-state index in [2.05, 4.69) is 10.6 Å². The van der Waals surface area contributed by atoms with Gasteiger partial charge in [0.05, 0.1) is 13.2 Å². The molecule has 2 amide bonds. The maximum absolute atomic E-state index is 11.5. The molecule has 3 N–H and O–H groups in total. The van der Waals surface area contributed by atoms with E-state index in [0.29, 0.717) is 26.3 Å². The van der Waals surface area contributed by atoms with Crippen molar-refractivity contribution in [2.45, 2.75) is 19.9 Å². The van der Waals surface area contributed by atoms with Crippen LogP contribution < -0.4 is 10.6 Å². The lowest BCUT2D eigenvalue weighted by Crippen LogP contribution is -2.35. The lowest BCUT2D eigenvalue weighted by Gasteiger charge is -2.08. The van der Waals surface area contributed by atoms with E-state index in [1.54, 1.807) is 0 Å². The summed E-state index contributed by atoms with van der Waals surface area (Å²) in [5.74, 6) is 0. The molecule has 0 aliphatic rings. The molecule has 0 fully saturated rings. The number of aliphatic hydroxyl groups excluding tert-OH is 1. The van der Waals surface area contributed by atoms with Crippen LogP contribution in [0.25, 0.3) is 0 Å². The highest BCUT2D eigenvalue weighted by Crippen LogP contribution is 2.02. The van der Waals surface area contributed by atoms with Crippen LogP contribution in [-0.2, 0) is 11.3 Å². The van der Waals surface area contributed by atoms with E-state index in [1.165, 1.54) is 5.56 Å². The molecule has 1 aromatic carbocycles. The van der Waals surface area contributed by atoms with E-state index < -0.39 is 0 Å². The fraction of sp³-hybridized carbons (Fsp3) is 0.500. The summed E-state index contributed by atoms with van der Waals surface area (Å²) in [5.41, 5.74) is 2.28. The fourth-order valence-corrected chi connectivity index (χ4v) is 1.49. The van der Waals surface area contributed by atoms with Crippen LogP contribution in [0.5, 0.6) is 0 Å². The quantitative estimate of drug-likeness (QED) is 0.619. The molecule has 0 bridgehead atoms. The number of carbonyl (C=O) groups is 1. The first-order chi connectivity index (χ1) is 9.22. The Bertz CT molecular complexity index is 365. The van der Waals surface area contributed by atoms with Gasteiger partial charge in [0.2, 0.25) is 0 Å². The van der Waals surface area contributed by atoms with Crippen LogP contribution in [0.1, 0.15) is 17.5 Å². The number of aliphatic hydroxyl groups is 1. The van der Waals surface area contributed by atoms with Crippen molar-refractivity contribution in [3.63, 3.8) is 0 Å². The van der Waals surface area contributed by atoms with Crippen LogP contribution in [0.3, 0.4) is 0 Å². The SMILES string of the molecule is Cc1ccc(CNC(=O)NCCCOCCO)cc1. The van der Waals surface area contributed by atoms with Crippen molar-refractivity contribution in [3.8, 4) is 0 Å². The van der Waals surface area contributed by atoms with Gasteiger partial charge in [0, 0.05) is 19.7 Å². The summed E-state index contributed by atoms with van der Waals surface area (Å²) < 4.78 is 5.08. The van der Waals surface area contributed by atoms with Crippen LogP contribution in [0.4, 0.5) is 4.79 Å². The first-order valence-corrected chi connectivity index (χ1v) is 6.48. The third-order valence-electron chi connectivity index (χ3n) is 2.56. The summed E-state index contributed by atoms with van der Waals surface area (Å²) in [6.07, 6.45) is 0.734. The molecule has 1 rings (SSSR count). The Morgan fingerprint density at radius 2 is 1.95 bits per heavy atom. The highest BCUT2D eigenvalue weighted by Gasteiger charge is 1.99. The average molecular weight is 266 g/mol. The molecule has 0 aromatic heterocycles. The van der Waals surface area contributed by atoms with Gasteiger partial charge in [-0.1, -0.05) is 29.8 Å². The second-order valence-corrected chi connectivity index (χ2v) is 4.28. The van der Waals surface area contributed by atoms with Gasteiger partial charge in [-0.3, -0.25) is 0 Å². The summed E-state index contributed by atoms with van der Waals surface area (Å²) in [6, 6.07) is 7.86. The van der Waals surface area contributed by atoms with Crippen molar-refractivity contribution >= 4 is 6.03 Å². The fourth-order valence-electron chi connectivity index (χ4n) is 1.49. The predicted octanol–water partition coefficient (Wildman–Crippen LogP) is 1.19. The Balaban J connectivity index is 2.06. The van der Waals surface area contributed by atoms with E-state index in [9.17, 15) is 4.79 Å². The Labute approximate surface area is 114 Å². The molecule has 0 radical (unpaired) electrons. The summed E-state index contributed by atoms with van der Waals surface area (Å²) in [6.45, 7) is 4.03. The molecule has 0 aliphatic carbocycles. The van der Waals surface area contributed by atoms with Gasteiger partial charge in [0.15, 0.2) is 0 Å². The largest absolute Gasteiger partial charge is 0.394 e. The van der Waals surface area contributed by atoms with Gasteiger partial charge in [-0.2, -0.15) is 0 Å². The number of nitrogens with one attached hydrogen (secondary N) is 2. The molecule has 5 heteroatoms. The molecule has 1 aromatic rings. The van der Waals surface area contributed by atoms with E-state index in [1.807, 2.05) is 31.2 Å². The number of rotatable bonds is 8. The molecule has 106 valence electrons. The van der Waals surface area contributed by atoms with Crippen molar-refractivity contribution in [1.29, 1.82) is 0 Å². The predicted molar refractivity (Wildman–Crippen MR) is 73.9 cm³/mol. The minimum atomic E-state index is -0.178. The summed E-state index contributed by atoms with van der Waals surface area (Å²) in [7, 11) is 0. The number of carbonyl (C=O) groups excluding carboxylic acids is 1. The topological polar surface area (TPSA) is 70.6 Å². The molecular formula is C14H22N2O3. The normalized spacial score (nSPS) is 10.2. The molecule has 19 heavy (non-hydrogen) atoms. The van der Waals surface area contributed by atoms with Gasteiger partial charge in [-0.25, -0.2) is 4.79 Å². The Morgan fingerprint density at radius 3 is 2.63 bits per heavy atom. The van der Waals surface area contributed by atoms with Crippen LogP contribution >= 0.6 is 0 Å². The number of aryl methyl sites for hydroxylation is 1. The number of ether oxygens (including phenoxy) is 1. The van der Waals surface area contributed by atoms with E-state index >= 15 is 0 Å². The highest BCUT2D eigenvalue weighted by atomic mass is 16.5. The smallest absolute Gasteiger partial charge is 0.315 e. The van der Waals surface area contributed by atoms with Gasteiger partial charge < -0.3 is 20.5 Å². The minimum absolute atomic E-state index is 0.0322. The Hall–Kier alpha value is -1.59. The summed E-state index contributed by atoms with van der Waals surface area (Å²) in [4.78, 5) is 11.5. The van der Waals surface area contributed by atoms with Crippen molar-refractivity contribution in [1.82, 2.24) is 10.6 Å². The average Bonchev–Trinajstić information content (AvgIpc) is 2.42. The lowest BCUT2D eigenvalue weighted by molar-refractivity contribution is 0.0910. The zero-order chi connectivity index (χ0) is 13.9. The lowest BCUT2D eigenvalue weighted by atomic mass is 10.1. The molecule has 5 nitrogen and oxygen atoms in total. The van der Waals surface area contributed by atoms with E-state index in [0.717, 1.165) is 12.0 Å². The van der Waals surface area contributed by atoms with Gasteiger partial charge in [0.1, 0.15) is 0 Å². The van der Waals surface area contributed by atoms with Gasteiger partial charge in [-0.05, 0) is 18.9 Å². The molecule has 0 atom stereocenters. The molecule has 0 spiro atoms. The van der Waals surface area contributed by atoms with Crippen LogP contribution in [0.2, 0.25) is 0 Å². The Kier molecular flexibility index (Phi) is 7.62. The minimum Gasteiger partial charge on any atom is -0.394 e. The molecule has 0 unspecified atom stereocenters. The maximum Gasteiger partial charge on any atom is 0.315 e. The number of benzene rings is 1. The Morgan fingerprint density at radius 1 is 1.21 bits per heavy atom. The number of urea groups is 1. The van der Waals surface area contributed by atoms with Crippen molar-refractivity contribution in [3.05, 3.63) is 35.4 Å². The first kappa shape index (κ1) is 15.5. The van der Waals surface area contributed by atoms with E-state index in [4.69, 9.17) is 9.84 Å². The number of hydrogen-bond donors (Lipinski definition) is 3. The molecule has 0 saturated carbocycles. The molecule has 0 heterocycles. The molecule has 0 aliphatic heterocycles. The third kappa shape index (κ3) is 7.43. The zero-order valence-corrected chi connectivity index (χ0v) is 11.3. The first-order valence-electron chi connectivity index (χ1n) is 6.48. The van der Waals surface area contributed by atoms with E-state index in [-0.39, 0.29) is 12.6 Å². The van der Waals surface area contributed by atoms with Gasteiger partial charge in [-0.15, -0.1) is 0 Å². The monoisotopic (exact) mass is 266 g/mol. The zero-order valence-electron chi connectivity index (χ0n) is 11.3. The van der Waals surface area contributed by atoms with Crippen molar-refractivity contribution < 1.29 is 14.6 Å². The van der Waals surface area contributed by atoms with Gasteiger partial charge in [0.25, 0.3) is 0 Å². The van der Waals surface area contributed by atoms with Crippen molar-refractivity contribution in [2.24, 2.45) is 0 Å². The van der Waals surface area contributed by atoms with Crippen LogP contribution in [0, 0.1) is 6.92 Å². The van der Waals surface area contributed by atoms with Gasteiger partial charge >= 0.3 is 6.03 Å². The summed E-state index contributed by atoms with van der Waals surface area (Å²) >= 11 is 0. The van der Waals surface area contributed by atoms with Crippen LogP contribution in [-0.4, -0.2) is 37.5 Å². The molecule has 0 saturated heterocycles. The number of amides is 2. The highest BCUT2D eigenvalue weighted by molar-refractivity contribution is 5.73. The van der Waals surface area contributed by atoms with Crippen molar-refractivity contribution in [2.75, 3.05) is 26.4 Å². The standard InChI is InChI=1S/C14H22N2O3/c1-12-3-5-13(6-4-12)11-16-14(18)15-7-2-9-19-10-8-17/h3-6,17H,2,7-11H2,1H3,(H2,15,16,18).